The molecule has 0 amide bonds. The number of rotatable bonds is 15. The van der Waals surface area contributed by atoms with Crippen molar-refractivity contribution in [1.29, 1.82) is 0 Å². The van der Waals surface area contributed by atoms with Crippen LogP contribution in [0, 0.1) is 0 Å². The fourth-order valence-corrected chi connectivity index (χ4v) is 4.98. The molecule has 0 bridgehead atoms. The molecule has 0 saturated heterocycles. The summed E-state index contributed by atoms with van der Waals surface area (Å²) in [5, 5.41) is 0. The zero-order chi connectivity index (χ0) is 25.5. The van der Waals surface area contributed by atoms with Crippen LogP contribution in [0.5, 0.6) is 0 Å². The third-order valence-corrected chi connectivity index (χ3v) is 7.05. The molecule has 0 fully saturated rings. The maximum absolute atomic E-state index is 6.56. The first-order chi connectivity index (χ1) is 18.3. The lowest BCUT2D eigenvalue weighted by molar-refractivity contribution is -0.133. The fourth-order valence-electron chi connectivity index (χ4n) is 3.87. The highest BCUT2D eigenvalue weighted by Gasteiger charge is 2.33. The normalized spacial score (nSPS) is 13.6. The van der Waals surface area contributed by atoms with Gasteiger partial charge in [0.05, 0.1) is 26.4 Å². The highest BCUT2D eigenvalue weighted by Crippen LogP contribution is 2.31. The summed E-state index contributed by atoms with van der Waals surface area (Å²) < 4.78 is 25.2. The van der Waals surface area contributed by atoms with E-state index in [1.54, 1.807) is 18.9 Å². The van der Waals surface area contributed by atoms with E-state index in [9.17, 15) is 0 Å². The van der Waals surface area contributed by atoms with E-state index in [1.807, 2.05) is 72.8 Å². The first-order valence-electron chi connectivity index (χ1n) is 12.5. The summed E-state index contributed by atoms with van der Waals surface area (Å²) in [5.74, 6) is 0. The second kappa shape index (κ2) is 15.4. The molecule has 0 aliphatic carbocycles. The minimum atomic E-state index is -0.380. The van der Waals surface area contributed by atoms with Crippen LogP contribution >= 0.6 is 11.8 Å². The Morgan fingerprint density at radius 2 is 1.03 bits per heavy atom. The Balaban J connectivity index is 1.53. The first-order valence-corrected chi connectivity index (χ1v) is 13.4. The maximum atomic E-state index is 6.56. The molecule has 5 heteroatoms. The molecule has 4 aromatic rings. The molecule has 0 radical (unpaired) electrons. The van der Waals surface area contributed by atoms with Crippen molar-refractivity contribution in [1.82, 2.24) is 0 Å². The monoisotopic (exact) mass is 514 g/mol. The molecule has 0 spiro atoms. The molecule has 0 aliphatic heterocycles. The molecule has 4 nitrogen and oxygen atoms in total. The summed E-state index contributed by atoms with van der Waals surface area (Å²) in [4.78, 5) is 1.11. The van der Waals surface area contributed by atoms with Gasteiger partial charge in [-0.25, -0.2) is 0 Å². The average molecular weight is 515 g/mol. The van der Waals surface area contributed by atoms with Crippen molar-refractivity contribution in [2.45, 2.75) is 42.4 Å². The van der Waals surface area contributed by atoms with Gasteiger partial charge in [-0.3, -0.25) is 0 Å². The van der Waals surface area contributed by atoms with Gasteiger partial charge in [-0.1, -0.05) is 121 Å². The third-order valence-electron chi connectivity index (χ3n) is 5.87. The smallest absolute Gasteiger partial charge is 0.136 e. The number of ether oxygens (including phenoxy) is 4. The Bertz CT molecular complexity index is 1130. The topological polar surface area (TPSA) is 36.9 Å². The number of benzene rings is 4. The summed E-state index contributed by atoms with van der Waals surface area (Å²) in [5.41, 5.74) is 3.00. The van der Waals surface area contributed by atoms with Crippen LogP contribution in [0.4, 0.5) is 0 Å². The van der Waals surface area contributed by atoms with Crippen molar-refractivity contribution < 1.29 is 18.9 Å². The Kier molecular flexibility index (Phi) is 11.2. The second-order valence-corrected chi connectivity index (χ2v) is 9.80. The largest absolute Gasteiger partial charge is 0.376 e. The van der Waals surface area contributed by atoms with E-state index < -0.39 is 0 Å². The molecule has 0 N–H and O–H groups in total. The van der Waals surface area contributed by atoms with Gasteiger partial charge in [0.25, 0.3) is 0 Å². The Hall–Kier alpha value is -2.93. The predicted octanol–water partition coefficient (Wildman–Crippen LogP) is 7.14. The van der Waals surface area contributed by atoms with E-state index in [2.05, 4.69) is 48.5 Å². The number of hydrogen-bond acceptors (Lipinski definition) is 5. The van der Waals surface area contributed by atoms with Crippen LogP contribution in [0.3, 0.4) is 0 Å². The quantitative estimate of drug-likeness (QED) is 0.124. The van der Waals surface area contributed by atoms with Gasteiger partial charge >= 0.3 is 0 Å². The maximum Gasteiger partial charge on any atom is 0.136 e. The van der Waals surface area contributed by atoms with Gasteiger partial charge in [0.15, 0.2) is 0 Å². The first kappa shape index (κ1) is 27.1. The van der Waals surface area contributed by atoms with Gasteiger partial charge in [-0.05, 0) is 28.8 Å². The molecule has 0 aliphatic rings. The Morgan fingerprint density at radius 1 is 0.568 bits per heavy atom. The van der Waals surface area contributed by atoms with Crippen LogP contribution < -0.4 is 0 Å². The molecular formula is C32H34O4S. The molecule has 0 unspecified atom stereocenters. The number of hydrogen-bond donors (Lipinski definition) is 0. The van der Waals surface area contributed by atoms with Gasteiger partial charge < -0.3 is 18.9 Å². The summed E-state index contributed by atoms with van der Waals surface area (Å²) in [6.45, 7) is 1.81. The molecule has 0 aromatic heterocycles. The molecule has 37 heavy (non-hydrogen) atoms. The highest BCUT2D eigenvalue weighted by atomic mass is 32.2. The minimum absolute atomic E-state index is 0.323. The van der Waals surface area contributed by atoms with Crippen LogP contribution in [-0.2, 0) is 38.8 Å². The molecule has 0 saturated carbocycles. The fraction of sp³-hybridized carbons (Fsp3) is 0.250. The standard InChI is InChI=1S/C32H34O4S/c1-33-30(25-34-22-26-14-6-2-7-15-26)31(35-23-27-16-8-3-9-17-27)32(37-29-20-12-5-13-21-29)36-24-28-18-10-4-11-19-28/h2-21,30-32H,22-25H2,1H3/t30-,31-,32-/m0/s1. The van der Waals surface area contributed by atoms with Crippen molar-refractivity contribution in [3.05, 3.63) is 138 Å². The summed E-state index contributed by atoms with van der Waals surface area (Å²) >= 11 is 1.64. The Labute approximate surface area is 224 Å². The highest BCUT2D eigenvalue weighted by molar-refractivity contribution is 7.99. The van der Waals surface area contributed by atoms with Crippen molar-refractivity contribution in [3.63, 3.8) is 0 Å². The van der Waals surface area contributed by atoms with Crippen LogP contribution in [0.25, 0.3) is 0 Å². The van der Waals surface area contributed by atoms with Gasteiger partial charge in [0.1, 0.15) is 17.6 Å². The van der Waals surface area contributed by atoms with E-state index in [-0.39, 0.29) is 17.6 Å². The molecule has 0 heterocycles. The molecule has 4 aromatic carbocycles. The van der Waals surface area contributed by atoms with E-state index >= 15 is 0 Å². The van der Waals surface area contributed by atoms with Crippen molar-refractivity contribution >= 4 is 11.8 Å². The lowest BCUT2D eigenvalue weighted by Crippen LogP contribution is -2.43. The van der Waals surface area contributed by atoms with Crippen molar-refractivity contribution in [3.8, 4) is 0 Å². The zero-order valence-electron chi connectivity index (χ0n) is 21.1. The molecule has 3 atom stereocenters. The number of thioether (sulfide) groups is 1. The number of methoxy groups -OCH3 is 1. The lowest BCUT2D eigenvalue weighted by atomic mass is 10.2. The molecular weight excluding hydrogens is 480 g/mol. The zero-order valence-corrected chi connectivity index (χ0v) is 22.0. The van der Waals surface area contributed by atoms with Gasteiger partial charge in [0.2, 0.25) is 0 Å². The van der Waals surface area contributed by atoms with Crippen LogP contribution in [0.15, 0.2) is 126 Å². The predicted molar refractivity (Wildman–Crippen MR) is 149 cm³/mol. The molecule has 4 rings (SSSR count). The van der Waals surface area contributed by atoms with Crippen LogP contribution in [0.1, 0.15) is 16.7 Å². The third kappa shape index (κ3) is 9.15. The SMILES string of the molecule is CO[C@@H](COCc1ccccc1)[C@H](OCc1ccccc1)[C@@H](OCc1ccccc1)Sc1ccccc1. The van der Waals surface area contributed by atoms with E-state index in [0.29, 0.717) is 26.4 Å². The van der Waals surface area contributed by atoms with Crippen molar-refractivity contribution in [2.75, 3.05) is 13.7 Å². The lowest BCUT2D eigenvalue weighted by Gasteiger charge is -2.32. The van der Waals surface area contributed by atoms with Gasteiger partial charge in [0, 0.05) is 12.0 Å². The summed E-state index contributed by atoms with van der Waals surface area (Å²) in [7, 11) is 1.71. The summed E-state index contributed by atoms with van der Waals surface area (Å²) in [6.07, 6.45) is -0.709. The second-order valence-electron chi connectivity index (χ2n) is 8.63. The van der Waals surface area contributed by atoms with E-state index in [0.717, 1.165) is 21.6 Å². The van der Waals surface area contributed by atoms with Gasteiger partial charge in [-0.2, -0.15) is 0 Å². The van der Waals surface area contributed by atoms with Gasteiger partial charge in [-0.15, -0.1) is 0 Å². The minimum Gasteiger partial charge on any atom is -0.376 e. The summed E-state index contributed by atoms with van der Waals surface area (Å²) in [6, 6.07) is 40.8. The Morgan fingerprint density at radius 3 is 1.54 bits per heavy atom. The van der Waals surface area contributed by atoms with Crippen LogP contribution in [-0.4, -0.2) is 31.4 Å². The van der Waals surface area contributed by atoms with Crippen molar-refractivity contribution in [2.24, 2.45) is 0 Å². The molecule has 192 valence electrons. The van der Waals surface area contributed by atoms with E-state index in [1.165, 1.54) is 0 Å². The van der Waals surface area contributed by atoms with Crippen LogP contribution in [0.2, 0.25) is 0 Å². The average Bonchev–Trinajstić information content (AvgIpc) is 2.97. The van der Waals surface area contributed by atoms with E-state index in [4.69, 9.17) is 18.9 Å².